The van der Waals surface area contributed by atoms with Gasteiger partial charge < -0.3 is 16.0 Å². The lowest BCUT2D eigenvalue weighted by Gasteiger charge is -2.37. The molecule has 1 amide bonds. The molecule has 0 saturated carbocycles. The van der Waals surface area contributed by atoms with Crippen molar-refractivity contribution in [1.29, 1.82) is 0 Å². The van der Waals surface area contributed by atoms with E-state index in [1.54, 1.807) is 6.20 Å². The number of piperidine rings is 1. The number of carbonyl (C=O) groups excluding carboxylic acids is 1. The molecule has 2 heterocycles. The molecule has 1 aromatic rings. The molecule has 2 rings (SSSR count). The maximum atomic E-state index is 12.4. The Kier molecular flexibility index (Phi) is 5.12. The minimum atomic E-state index is -0.736. The normalized spacial score (nSPS) is 19.1. The highest BCUT2D eigenvalue weighted by molar-refractivity contribution is 5.85. The van der Waals surface area contributed by atoms with Crippen molar-refractivity contribution in [2.45, 2.75) is 51.1 Å². The minimum Gasteiger partial charge on any atom is -0.366 e. The van der Waals surface area contributed by atoms with Crippen molar-refractivity contribution in [2.24, 2.45) is 5.73 Å². The quantitative estimate of drug-likeness (QED) is 0.856. The molecule has 21 heavy (non-hydrogen) atoms. The molecule has 0 bridgehead atoms. The minimum absolute atomic E-state index is 0.0716. The Morgan fingerprint density at radius 1 is 1.52 bits per heavy atom. The van der Waals surface area contributed by atoms with Crippen molar-refractivity contribution in [1.82, 2.24) is 15.1 Å². The number of anilines is 1. The molecule has 3 N–H and O–H groups in total. The highest BCUT2D eigenvalue weighted by Crippen LogP contribution is 2.19. The van der Waals surface area contributed by atoms with E-state index in [0.29, 0.717) is 6.04 Å². The Morgan fingerprint density at radius 3 is 2.81 bits per heavy atom. The van der Waals surface area contributed by atoms with Gasteiger partial charge in [-0.2, -0.15) is 5.10 Å². The first-order chi connectivity index (χ1) is 10.0. The number of nitrogens with zero attached hydrogens (tertiary/aromatic N) is 3. The van der Waals surface area contributed by atoms with Crippen LogP contribution in [0.3, 0.4) is 0 Å². The molecule has 1 saturated heterocycles. The maximum absolute atomic E-state index is 12.4. The Balaban J connectivity index is 1.84. The molecule has 116 valence electrons. The van der Waals surface area contributed by atoms with E-state index in [1.165, 1.54) is 0 Å². The molecule has 6 nitrogen and oxygen atoms in total. The zero-order chi connectivity index (χ0) is 15.3. The number of hydrogen-bond donors (Lipinski definition) is 2. The largest absolute Gasteiger partial charge is 0.366 e. The van der Waals surface area contributed by atoms with Crippen molar-refractivity contribution in [3.63, 3.8) is 0 Å². The van der Waals surface area contributed by atoms with Crippen molar-refractivity contribution in [3.05, 3.63) is 18.3 Å². The predicted molar refractivity (Wildman–Crippen MR) is 82.8 cm³/mol. The fourth-order valence-corrected chi connectivity index (χ4v) is 2.80. The fraction of sp³-hybridized carbons (Fsp3) is 0.667. The van der Waals surface area contributed by atoms with Gasteiger partial charge in [-0.1, -0.05) is 13.3 Å². The monoisotopic (exact) mass is 291 g/mol. The van der Waals surface area contributed by atoms with Gasteiger partial charge in [0, 0.05) is 25.3 Å². The molecule has 1 unspecified atom stereocenters. The van der Waals surface area contributed by atoms with Crippen LogP contribution in [0.1, 0.15) is 39.5 Å². The topological polar surface area (TPSA) is 84.1 Å². The van der Waals surface area contributed by atoms with E-state index in [4.69, 9.17) is 5.73 Å². The smallest absolute Gasteiger partial charge is 0.242 e. The van der Waals surface area contributed by atoms with Crippen molar-refractivity contribution < 1.29 is 4.79 Å². The lowest BCUT2D eigenvalue weighted by atomic mass is 9.94. The summed E-state index contributed by atoms with van der Waals surface area (Å²) in [5, 5.41) is 11.2. The molecule has 0 aromatic carbocycles. The van der Waals surface area contributed by atoms with Crippen LogP contribution in [0.15, 0.2) is 18.3 Å². The summed E-state index contributed by atoms with van der Waals surface area (Å²) in [5.74, 6) is 0.860. The van der Waals surface area contributed by atoms with Gasteiger partial charge in [0.05, 0.1) is 5.54 Å². The molecule has 0 spiro atoms. The third-order valence-electron chi connectivity index (χ3n) is 3.96. The zero-order valence-corrected chi connectivity index (χ0v) is 12.9. The highest BCUT2D eigenvalue weighted by atomic mass is 16.2. The summed E-state index contributed by atoms with van der Waals surface area (Å²) >= 11 is 0. The Bertz CT molecular complexity index is 454. The number of nitrogens with one attached hydrogen (secondary N) is 1. The SMILES string of the molecule is CCCC(C)(N)C(=O)N1CCC(Nc2cccnn2)CC1. The third-order valence-corrected chi connectivity index (χ3v) is 3.96. The first-order valence-electron chi connectivity index (χ1n) is 7.65. The van der Waals surface area contributed by atoms with Gasteiger partial charge in [-0.05, 0) is 38.3 Å². The van der Waals surface area contributed by atoms with Crippen LogP contribution in [0.4, 0.5) is 5.82 Å². The number of amides is 1. The molecule has 1 aliphatic rings. The van der Waals surface area contributed by atoms with E-state index in [2.05, 4.69) is 22.4 Å². The van der Waals surface area contributed by atoms with Gasteiger partial charge in [0.25, 0.3) is 0 Å². The van der Waals surface area contributed by atoms with Crippen LogP contribution in [0.2, 0.25) is 0 Å². The van der Waals surface area contributed by atoms with Crippen LogP contribution in [0.5, 0.6) is 0 Å². The van der Waals surface area contributed by atoms with E-state index in [0.717, 1.165) is 44.6 Å². The number of carbonyl (C=O) groups is 1. The molecule has 1 aromatic heterocycles. The lowest BCUT2D eigenvalue weighted by molar-refractivity contribution is -0.137. The van der Waals surface area contributed by atoms with Gasteiger partial charge in [0.15, 0.2) is 0 Å². The molecular formula is C15H25N5O. The summed E-state index contributed by atoms with van der Waals surface area (Å²) in [4.78, 5) is 14.3. The van der Waals surface area contributed by atoms with E-state index in [-0.39, 0.29) is 5.91 Å². The molecule has 1 aliphatic heterocycles. The van der Waals surface area contributed by atoms with Crippen LogP contribution in [-0.2, 0) is 4.79 Å². The first kappa shape index (κ1) is 15.7. The summed E-state index contributed by atoms with van der Waals surface area (Å²) < 4.78 is 0. The van der Waals surface area contributed by atoms with Crippen LogP contribution < -0.4 is 11.1 Å². The average molecular weight is 291 g/mol. The molecule has 6 heteroatoms. The van der Waals surface area contributed by atoms with Crippen LogP contribution >= 0.6 is 0 Å². The lowest BCUT2D eigenvalue weighted by Crippen LogP contribution is -2.55. The summed E-state index contributed by atoms with van der Waals surface area (Å²) in [6.45, 7) is 5.37. The Labute approximate surface area is 126 Å². The second-order valence-corrected chi connectivity index (χ2v) is 5.99. The van der Waals surface area contributed by atoms with Gasteiger partial charge >= 0.3 is 0 Å². The zero-order valence-electron chi connectivity index (χ0n) is 12.9. The van der Waals surface area contributed by atoms with E-state index in [1.807, 2.05) is 24.0 Å². The van der Waals surface area contributed by atoms with Crippen LogP contribution in [-0.4, -0.2) is 45.7 Å². The van der Waals surface area contributed by atoms with Gasteiger partial charge in [-0.25, -0.2) is 0 Å². The van der Waals surface area contributed by atoms with E-state index in [9.17, 15) is 4.79 Å². The van der Waals surface area contributed by atoms with Crippen LogP contribution in [0.25, 0.3) is 0 Å². The standard InChI is InChI=1S/C15H25N5O/c1-3-8-15(2,16)14(21)20-10-6-12(7-11-20)18-13-5-4-9-17-19-13/h4-5,9,12H,3,6-8,10-11,16H2,1-2H3,(H,18,19). The molecular weight excluding hydrogens is 266 g/mol. The number of aromatic nitrogens is 2. The number of rotatable bonds is 5. The second-order valence-electron chi connectivity index (χ2n) is 5.99. The van der Waals surface area contributed by atoms with Crippen molar-refractivity contribution in [2.75, 3.05) is 18.4 Å². The first-order valence-corrected chi connectivity index (χ1v) is 7.65. The van der Waals surface area contributed by atoms with Crippen molar-refractivity contribution in [3.8, 4) is 0 Å². The Morgan fingerprint density at radius 2 is 2.24 bits per heavy atom. The summed E-state index contributed by atoms with van der Waals surface area (Å²) in [5.41, 5.74) is 5.40. The molecule has 0 radical (unpaired) electrons. The van der Waals surface area contributed by atoms with E-state index < -0.39 is 5.54 Å². The summed E-state index contributed by atoms with van der Waals surface area (Å²) in [6.07, 6.45) is 5.12. The predicted octanol–water partition coefficient (Wildman–Crippen LogP) is 1.40. The summed E-state index contributed by atoms with van der Waals surface area (Å²) in [7, 11) is 0. The van der Waals surface area contributed by atoms with Gasteiger partial charge in [0.2, 0.25) is 5.91 Å². The second kappa shape index (κ2) is 6.85. The van der Waals surface area contributed by atoms with E-state index >= 15 is 0 Å². The highest BCUT2D eigenvalue weighted by Gasteiger charge is 2.33. The van der Waals surface area contributed by atoms with Crippen LogP contribution in [0, 0.1) is 0 Å². The van der Waals surface area contributed by atoms with Gasteiger partial charge in [0.1, 0.15) is 5.82 Å². The van der Waals surface area contributed by atoms with Gasteiger partial charge in [-0.15, -0.1) is 5.10 Å². The molecule has 0 aliphatic carbocycles. The van der Waals surface area contributed by atoms with Gasteiger partial charge in [-0.3, -0.25) is 4.79 Å². The Hall–Kier alpha value is -1.69. The fourth-order valence-electron chi connectivity index (χ4n) is 2.80. The van der Waals surface area contributed by atoms with Crippen molar-refractivity contribution >= 4 is 11.7 Å². The number of hydrogen-bond acceptors (Lipinski definition) is 5. The maximum Gasteiger partial charge on any atom is 0.242 e. The molecule has 1 atom stereocenters. The third kappa shape index (κ3) is 4.14. The number of likely N-dealkylation sites (tertiary alicyclic amines) is 1. The summed E-state index contributed by atoms with van der Waals surface area (Å²) in [6, 6.07) is 4.10. The molecule has 1 fully saturated rings. The number of nitrogens with two attached hydrogens (primary N) is 1. The average Bonchev–Trinajstić information content (AvgIpc) is 2.48.